The summed E-state index contributed by atoms with van der Waals surface area (Å²) in [5.41, 5.74) is 0.984. The van der Waals surface area contributed by atoms with E-state index in [0.29, 0.717) is 24.2 Å². The van der Waals surface area contributed by atoms with E-state index in [4.69, 9.17) is 0 Å². The van der Waals surface area contributed by atoms with Crippen LogP contribution in [0.25, 0.3) is 0 Å². The van der Waals surface area contributed by atoms with E-state index in [2.05, 4.69) is 11.3 Å². The van der Waals surface area contributed by atoms with E-state index < -0.39 is 11.8 Å². The lowest BCUT2D eigenvalue weighted by Gasteiger charge is -2.20. The molecule has 0 aliphatic carbocycles. The molecule has 0 saturated carbocycles. The van der Waals surface area contributed by atoms with Crippen LogP contribution < -0.4 is 4.90 Å². The molecule has 106 valence electrons. The van der Waals surface area contributed by atoms with Gasteiger partial charge >= 0.3 is 5.97 Å². The van der Waals surface area contributed by atoms with Crippen LogP contribution in [0.4, 0.5) is 10.1 Å². The van der Waals surface area contributed by atoms with Crippen molar-refractivity contribution in [3.63, 3.8) is 0 Å². The number of hydrogen-bond donors (Lipinski definition) is 0. The highest BCUT2D eigenvalue weighted by Crippen LogP contribution is 2.30. The Kier molecular flexibility index (Phi) is 3.88. The molecular formula is C15H16FNO3. The molecule has 0 N–H and O–H groups in total. The Balaban J connectivity index is 2.44. The van der Waals surface area contributed by atoms with Gasteiger partial charge in [0.05, 0.1) is 12.7 Å². The van der Waals surface area contributed by atoms with Gasteiger partial charge in [0.15, 0.2) is 0 Å². The number of rotatable bonds is 3. The molecule has 1 unspecified atom stereocenters. The third kappa shape index (κ3) is 2.43. The van der Waals surface area contributed by atoms with Crippen molar-refractivity contribution in [3.8, 4) is 0 Å². The molecule has 4 nitrogen and oxygen atoms in total. The first-order valence-electron chi connectivity index (χ1n) is 6.29. The molecule has 0 aromatic heterocycles. The minimum absolute atomic E-state index is 0.0552. The van der Waals surface area contributed by atoms with Crippen molar-refractivity contribution in [2.75, 3.05) is 18.6 Å². The normalized spacial score (nSPS) is 18.2. The summed E-state index contributed by atoms with van der Waals surface area (Å²) in [6.07, 6.45) is 2.12. The van der Waals surface area contributed by atoms with E-state index in [1.54, 1.807) is 17.9 Å². The average Bonchev–Trinajstić information content (AvgIpc) is 2.79. The highest BCUT2D eigenvalue weighted by atomic mass is 19.1. The first-order valence-corrected chi connectivity index (χ1v) is 6.29. The number of amides is 1. The summed E-state index contributed by atoms with van der Waals surface area (Å²) < 4.78 is 18.3. The van der Waals surface area contributed by atoms with Gasteiger partial charge in [-0.3, -0.25) is 4.79 Å². The standard InChI is InChI=1S/C15H16FNO3/c1-4-10-6-14(18)17(8-10)13-7-11(15(19)20-3)12(16)5-9(13)2/h4-5,7,10H,1,6,8H2,2-3H3. The SMILES string of the molecule is C=CC1CC(=O)N(c2cc(C(=O)OC)c(F)cc2C)C1. The van der Waals surface area contributed by atoms with Crippen LogP contribution in [0, 0.1) is 18.7 Å². The molecule has 0 bridgehead atoms. The molecule has 1 aliphatic heterocycles. The lowest BCUT2D eigenvalue weighted by atomic mass is 10.1. The largest absolute Gasteiger partial charge is 0.465 e. The number of aryl methyl sites for hydroxylation is 1. The number of methoxy groups -OCH3 is 1. The Morgan fingerprint density at radius 2 is 2.25 bits per heavy atom. The Morgan fingerprint density at radius 1 is 1.55 bits per heavy atom. The van der Waals surface area contributed by atoms with Crippen LogP contribution in [0.3, 0.4) is 0 Å². The molecule has 1 amide bonds. The number of anilines is 1. The molecule has 1 aromatic rings. The molecule has 0 radical (unpaired) electrons. The number of benzene rings is 1. The first-order chi connectivity index (χ1) is 9.47. The minimum atomic E-state index is -0.754. The van der Waals surface area contributed by atoms with E-state index in [1.807, 2.05) is 0 Å². The average molecular weight is 277 g/mol. The molecule has 2 rings (SSSR count). The maximum atomic E-state index is 13.8. The zero-order valence-electron chi connectivity index (χ0n) is 11.5. The second-order valence-corrected chi connectivity index (χ2v) is 4.81. The van der Waals surface area contributed by atoms with Crippen LogP contribution in [0.5, 0.6) is 0 Å². The number of halogens is 1. The van der Waals surface area contributed by atoms with Crippen molar-refractivity contribution in [1.29, 1.82) is 0 Å². The van der Waals surface area contributed by atoms with Gasteiger partial charge < -0.3 is 9.64 Å². The lowest BCUT2D eigenvalue weighted by molar-refractivity contribution is -0.117. The number of esters is 1. The number of carbonyl (C=O) groups excluding carboxylic acids is 2. The Morgan fingerprint density at radius 3 is 2.80 bits per heavy atom. The quantitative estimate of drug-likeness (QED) is 0.630. The fraction of sp³-hybridized carbons (Fsp3) is 0.333. The number of ether oxygens (including phenoxy) is 1. The van der Waals surface area contributed by atoms with E-state index >= 15 is 0 Å². The van der Waals surface area contributed by atoms with Gasteiger partial charge in [-0.1, -0.05) is 6.08 Å². The summed E-state index contributed by atoms with van der Waals surface area (Å²) in [6, 6.07) is 2.62. The van der Waals surface area contributed by atoms with Gasteiger partial charge in [-0.2, -0.15) is 0 Å². The van der Waals surface area contributed by atoms with Gasteiger partial charge in [0.1, 0.15) is 5.82 Å². The van der Waals surface area contributed by atoms with Crippen LogP contribution in [0.15, 0.2) is 24.8 Å². The zero-order valence-corrected chi connectivity index (χ0v) is 11.5. The molecular weight excluding hydrogens is 261 g/mol. The summed E-state index contributed by atoms with van der Waals surface area (Å²) in [6.45, 7) is 5.89. The first kappa shape index (κ1) is 14.2. The van der Waals surface area contributed by atoms with Crippen LogP contribution in [0.2, 0.25) is 0 Å². The smallest absolute Gasteiger partial charge is 0.340 e. The molecule has 1 atom stereocenters. The fourth-order valence-electron chi connectivity index (χ4n) is 2.34. The van der Waals surface area contributed by atoms with E-state index in [1.165, 1.54) is 19.2 Å². The van der Waals surface area contributed by atoms with Gasteiger partial charge in [-0.05, 0) is 24.6 Å². The minimum Gasteiger partial charge on any atom is -0.465 e. The van der Waals surface area contributed by atoms with Crippen molar-refractivity contribution in [2.24, 2.45) is 5.92 Å². The van der Waals surface area contributed by atoms with Crippen LogP contribution in [0.1, 0.15) is 22.3 Å². The number of carbonyl (C=O) groups is 2. The van der Waals surface area contributed by atoms with Crippen molar-refractivity contribution in [3.05, 3.63) is 41.7 Å². The highest BCUT2D eigenvalue weighted by molar-refractivity contribution is 5.98. The number of hydrogen-bond acceptors (Lipinski definition) is 3. The molecule has 0 spiro atoms. The molecule has 20 heavy (non-hydrogen) atoms. The van der Waals surface area contributed by atoms with Gasteiger partial charge in [-0.15, -0.1) is 6.58 Å². The van der Waals surface area contributed by atoms with Gasteiger partial charge in [0, 0.05) is 24.6 Å². The summed E-state index contributed by atoms with van der Waals surface area (Å²) in [5, 5.41) is 0. The summed E-state index contributed by atoms with van der Waals surface area (Å²) >= 11 is 0. The predicted molar refractivity (Wildman–Crippen MR) is 73.1 cm³/mol. The molecule has 5 heteroatoms. The van der Waals surface area contributed by atoms with Crippen molar-refractivity contribution in [2.45, 2.75) is 13.3 Å². The van der Waals surface area contributed by atoms with Gasteiger partial charge in [-0.25, -0.2) is 9.18 Å². The Bertz CT molecular complexity index is 583. The van der Waals surface area contributed by atoms with Crippen molar-refractivity contribution < 1.29 is 18.7 Å². The third-order valence-electron chi connectivity index (χ3n) is 3.47. The molecule has 1 aromatic carbocycles. The Hall–Kier alpha value is -2.17. The van der Waals surface area contributed by atoms with E-state index in [9.17, 15) is 14.0 Å². The Labute approximate surface area is 116 Å². The van der Waals surface area contributed by atoms with Crippen LogP contribution in [-0.4, -0.2) is 25.5 Å². The van der Waals surface area contributed by atoms with Crippen LogP contribution >= 0.6 is 0 Å². The summed E-state index contributed by atoms with van der Waals surface area (Å²) in [7, 11) is 1.19. The monoisotopic (exact) mass is 277 g/mol. The maximum absolute atomic E-state index is 13.8. The predicted octanol–water partition coefficient (Wildman–Crippen LogP) is 2.46. The van der Waals surface area contributed by atoms with Crippen LogP contribution in [-0.2, 0) is 9.53 Å². The fourth-order valence-corrected chi connectivity index (χ4v) is 2.34. The topological polar surface area (TPSA) is 46.6 Å². The highest BCUT2D eigenvalue weighted by Gasteiger charge is 2.30. The third-order valence-corrected chi connectivity index (χ3v) is 3.47. The maximum Gasteiger partial charge on any atom is 0.340 e. The molecule has 1 saturated heterocycles. The molecule has 1 aliphatic rings. The summed E-state index contributed by atoms with van der Waals surface area (Å²) in [5.74, 6) is -1.38. The van der Waals surface area contributed by atoms with Crippen molar-refractivity contribution >= 4 is 17.6 Å². The number of nitrogens with zero attached hydrogens (tertiary/aromatic N) is 1. The summed E-state index contributed by atoms with van der Waals surface area (Å²) in [4.78, 5) is 25.1. The second kappa shape index (κ2) is 5.45. The molecule has 1 fully saturated rings. The lowest BCUT2D eigenvalue weighted by Crippen LogP contribution is -2.25. The van der Waals surface area contributed by atoms with E-state index in [-0.39, 0.29) is 17.4 Å². The van der Waals surface area contributed by atoms with Gasteiger partial charge in [0.2, 0.25) is 5.91 Å². The molecule has 1 heterocycles. The van der Waals surface area contributed by atoms with E-state index in [0.717, 1.165) is 0 Å². The van der Waals surface area contributed by atoms with Crippen molar-refractivity contribution in [1.82, 2.24) is 0 Å². The zero-order chi connectivity index (χ0) is 14.9. The second-order valence-electron chi connectivity index (χ2n) is 4.81. The van der Waals surface area contributed by atoms with Gasteiger partial charge in [0.25, 0.3) is 0 Å².